The van der Waals surface area contributed by atoms with Crippen molar-refractivity contribution >= 4 is 28.5 Å². The molecule has 0 aliphatic carbocycles. The highest BCUT2D eigenvalue weighted by Crippen LogP contribution is 2.28. The molecule has 98 valence electrons. The number of benzene rings is 2. The molecule has 1 aliphatic rings. The minimum atomic E-state index is 0. The Hall–Kier alpha value is -1.61. The van der Waals surface area contributed by atoms with E-state index in [0.29, 0.717) is 5.84 Å². The Kier molecular flexibility index (Phi) is 4.05. The van der Waals surface area contributed by atoms with Gasteiger partial charge in [0.25, 0.3) is 0 Å². The molecule has 0 bridgehead atoms. The molecule has 1 N–H and O–H groups in total. The van der Waals surface area contributed by atoms with Gasteiger partial charge in [0.1, 0.15) is 5.84 Å². The van der Waals surface area contributed by atoms with Crippen molar-refractivity contribution in [2.75, 3.05) is 4.90 Å². The van der Waals surface area contributed by atoms with Gasteiger partial charge in [0.05, 0.1) is 6.54 Å². The van der Waals surface area contributed by atoms with E-state index in [1.807, 2.05) is 18.2 Å². The lowest BCUT2D eigenvalue weighted by molar-refractivity contribution is 1.04. The molecule has 0 atom stereocenters. The van der Waals surface area contributed by atoms with Crippen LogP contribution in [0.15, 0.2) is 48.5 Å². The Bertz CT molecular complexity index is 590. The number of hydrogen-bond donors (Lipinski definition) is 1. The van der Waals surface area contributed by atoms with Crippen molar-refractivity contribution in [3.63, 3.8) is 0 Å². The van der Waals surface area contributed by atoms with Crippen LogP contribution in [-0.4, -0.2) is 5.84 Å². The second-order valence-corrected chi connectivity index (χ2v) is 4.61. The fraction of sp³-hybridized carbons (Fsp3) is 0.188. The molecule has 2 aromatic carbocycles. The first-order valence-electron chi connectivity index (χ1n) is 6.33. The second kappa shape index (κ2) is 5.57. The van der Waals surface area contributed by atoms with E-state index in [4.69, 9.17) is 5.41 Å². The summed E-state index contributed by atoms with van der Waals surface area (Å²) < 4.78 is 0. The highest BCUT2D eigenvalue weighted by atomic mass is 79.9. The molecule has 0 saturated heterocycles. The number of amidine groups is 1. The zero-order chi connectivity index (χ0) is 12.5. The molecule has 0 fully saturated rings. The highest BCUT2D eigenvalue weighted by Gasteiger charge is 2.24. The molecule has 3 rings (SSSR count). The normalized spacial score (nSPS) is 13.1. The van der Waals surface area contributed by atoms with E-state index in [9.17, 15) is 0 Å². The third kappa shape index (κ3) is 2.43. The number of aryl methyl sites for hydroxylation is 1. The molecule has 0 amide bonds. The molecule has 0 aromatic heterocycles. The quantitative estimate of drug-likeness (QED) is 0.884. The van der Waals surface area contributed by atoms with Crippen LogP contribution in [0.3, 0.4) is 0 Å². The molecule has 1 heterocycles. The fourth-order valence-corrected chi connectivity index (χ4v) is 2.42. The van der Waals surface area contributed by atoms with Gasteiger partial charge >= 0.3 is 0 Å². The van der Waals surface area contributed by atoms with Crippen LogP contribution in [0.5, 0.6) is 0 Å². The summed E-state index contributed by atoms with van der Waals surface area (Å²) in [7, 11) is 0. The van der Waals surface area contributed by atoms with E-state index in [2.05, 4.69) is 42.2 Å². The van der Waals surface area contributed by atoms with Gasteiger partial charge < -0.3 is 4.90 Å². The molecular formula is C16H17BrN2. The predicted octanol–water partition coefficient (Wildman–Crippen LogP) is 4.17. The summed E-state index contributed by atoms with van der Waals surface area (Å²) in [4.78, 5) is 2.06. The lowest BCUT2D eigenvalue weighted by Crippen LogP contribution is -2.22. The third-order valence-corrected chi connectivity index (χ3v) is 3.53. The highest BCUT2D eigenvalue weighted by molar-refractivity contribution is 8.93. The minimum absolute atomic E-state index is 0. The first-order valence-corrected chi connectivity index (χ1v) is 6.33. The largest absolute Gasteiger partial charge is 0.322 e. The summed E-state index contributed by atoms with van der Waals surface area (Å²) in [5, 5.41) is 8.25. The Balaban J connectivity index is 0.00000133. The molecule has 2 nitrogen and oxygen atoms in total. The van der Waals surface area contributed by atoms with Gasteiger partial charge in [0.2, 0.25) is 0 Å². The zero-order valence-corrected chi connectivity index (χ0v) is 12.6. The molecule has 0 saturated carbocycles. The first kappa shape index (κ1) is 13.8. The molecule has 0 unspecified atom stereocenters. The number of fused-ring (bicyclic) bond motifs is 1. The molecule has 3 heteroatoms. The van der Waals surface area contributed by atoms with Gasteiger partial charge in [-0.15, -0.1) is 17.0 Å². The van der Waals surface area contributed by atoms with E-state index in [0.717, 1.165) is 24.2 Å². The van der Waals surface area contributed by atoms with Crippen LogP contribution >= 0.6 is 17.0 Å². The third-order valence-electron chi connectivity index (χ3n) is 3.53. The molecule has 19 heavy (non-hydrogen) atoms. The summed E-state index contributed by atoms with van der Waals surface area (Å²) >= 11 is 0. The van der Waals surface area contributed by atoms with Crippen molar-refractivity contribution in [2.45, 2.75) is 19.9 Å². The summed E-state index contributed by atoms with van der Waals surface area (Å²) in [6.45, 7) is 2.96. The zero-order valence-electron chi connectivity index (χ0n) is 10.9. The summed E-state index contributed by atoms with van der Waals surface area (Å²) in [5.41, 5.74) is 4.73. The standard InChI is InChI=1S/C16H16N2.BrH/c1-2-12-7-9-14(10-8-12)18-11-13-5-3-4-6-15(13)16(18)17;/h3-10,17H,2,11H2,1H3;1H. The van der Waals surface area contributed by atoms with E-state index < -0.39 is 0 Å². The Morgan fingerprint density at radius 2 is 1.74 bits per heavy atom. The smallest absolute Gasteiger partial charge is 0.133 e. The van der Waals surface area contributed by atoms with E-state index in [1.165, 1.54) is 11.1 Å². The summed E-state index contributed by atoms with van der Waals surface area (Å²) in [6.07, 6.45) is 1.05. The van der Waals surface area contributed by atoms with Gasteiger partial charge in [-0.05, 0) is 29.7 Å². The second-order valence-electron chi connectivity index (χ2n) is 4.61. The molecule has 1 aliphatic heterocycles. The topological polar surface area (TPSA) is 27.1 Å². The van der Waals surface area contributed by atoms with Gasteiger partial charge in [0.15, 0.2) is 0 Å². The van der Waals surface area contributed by atoms with E-state index in [1.54, 1.807) is 0 Å². The van der Waals surface area contributed by atoms with Crippen LogP contribution in [0.2, 0.25) is 0 Å². The first-order chi connectivity index (χ1) is 8.79. The molecule has 2 aromatic rings. The van der Waals surface area contributed by atoms with Crippen LogP contribution < -0.4 is 4.90 Å². The Labute approximate surface area is 124 Å². The van der Waals surface area contributed by atoms with Crippen molar-refractivity contribution in [1.82, 2.24) is 0 Å². The maximum atomic E-state index is 8.25. The summed E-state index contributed by atoms with van der Waals surface area (Å²) in [6, 6.07) is 16.7. The average Bonchev–Trinajstić information content (AvgIpc) is 2.77. The lowest BCUT2D eigenvalue weighted by atomic mass is 10.1. The molecule has 0 radical (unpaired) electrons. The number of hydrogen-bond acceptors (Lipinski definition) is 1. The fourth-order valence-electron chi connectivity index (χ4n) is 2.42. The van der Waals surface area contributed by atoms with Crippen LogP contribution in [0.1, 0.15) is 23.6 Å². The monoisotopic (exact) mass is 316 g/mol. The number of nitrogens with zero attached hydrogens (tertiary/aromatic N) is 1. The predicted molar refractivity (Wildman–Crippen MR) is 85.6 cm³/mol. The van der Waals surface area contributed by atoms with Crippen molar-refractivity contribution in [3.05, 3.63) is 65.2 Å². The maximum absolute atomic E-state index is 8.25. The van der Waals surface area contributed by atoms with Crippen molar-refractivity contribution < 1.29 is 0 Å². The van der Waals surface area contributed by atoms with Crippen LogP contribution in [0.25, 0.3) is 0 Å². The maximum Gasteiger partial charge on any atom is 0.133 e. The number of anilines is 1. The number of halogens is 1. The molecule has 0 spiro atoms. The van der Waals surface area contributed by atoms with E-state index >= 15 is 0 Å². The molecular weight excluding hydrogens is 300 g/mol. The summed E-state index contributed by atoms with van der Waals surface area (Å²) in [5.74, 6) is 0.606. The average molecular weight is 317 g/mol. The Morgan fingerprint density at radius 1 is 1.05 bits per heavy atom. The lowest BCUT2D eigenvalue weighted by Gasteiger charge is -2.18. The van der Waals surface area contributed by atoms with Crippen LogP contribution in [-0.2, 0) is 13.0 Å². The van der Waals surface area contributed by atoms with Gasteiger partial charge in [-0.25, -0.2) is 0 Å². The van der Waals surface area contributed by atoms with Gasteiger partial charge in [0, 0.05) is 11.3 Å². The van der Waals surface area contributed by atoms with Crippen molar-refractivity contribution in [2.24, 2.45) is 0 Å². The number of rotatable bonds is 2. The minimum Gasteiger partial charge on any atom is -0.322 e. The van der Waals surface area contributed by atoms with Crippen molar-refractivity contribution in [1.29, 1.82) is 5.41 Å². The van der Waals surface area contributed by atoms with Crippen LogP contribution in [0, 0.1) is 5.41 Å². The number of nitrogens with one attached hydrogen (secondary N) is 1. The SMILES string of the molecule is Br.CCc1ccc(N2Cc3ccccc3C2=N)cc1. The van der Waals surface area contributed by atoms with E-state index in [-0.39, 0.29) is 17.0 Å². The Morgan fingerprint density at radius 3 is 2.37 bits per heavy atom. The van der Waals surface area contributed by atoms with Gasteiger partial charge in [-0.1, -0.05) is 43.3 Å². The van der Waals surface area contributed by atoms with Gasteiger partial charge in [-0.3, -0.25) is 5.41 Å². The van der Waals surface area contributed by atoms with Gasteiger partial charge in [-0.2, -0.15) is 0 Å². The van der Waals surface area contributed by atoms with Crippen LogP contribution in [0.4, 0.5) is 5.69 Å². The van der Waals surface area contributed by atoms with Crippen molar-refractivity contribution in [3.8, 4) is 0 Å².